The lowest BCUT2D eigenvalue weighted by molar-refractivity contribution is -0.121. The van der Waals surface area contributed by atoms with Gasteiger partial charge in [-0.05, 0) is 43.3 Å². The van der Waals surface area contributed by atoms with E-state index < -0.39 is 0 Å². The predicted molar refractivity (Wildman–Crippen MR) is 92.8 cm³/mol. The number of amides is 2. The number of benzene rings is 1. The van der Waals surface area contributed by atoms with Gasteiger partial charge in [-0.2, -0.15) is 0 Å². The Bertz CT molecular complexity index is 680. The quantitative estimate of drug-likeness (QED) is 0.937. The first-order valence-electron chi connectivity index (χ1n) is 7.84. The van der Waals surface area contributed by atoms with E-state index in [4.69, 9.17) is 0 Å². The zero-order chi connectivity index (χ0) is 16.2. The van der Waals surface area contributed by atoms with E-state index in [1.165, 1.54) is 11.3 Å². The molecule has 1 aromatic heterocycles. The molecule has 1 aromatic carbocycles. The van der Waals surface area contributed by atoms with Crippen molar-refractivity contribution in [3.05, 3.63) is 52.2 Å². The van der Waals surface area contributed by atoms with Crippen molar-refractivity contribution in [1.29, 1.82) is 0 Å². The highest BCUT2D eigenvalue weighted by Crippen LogP contribution is 2.22. The van der Waals surface area contributed by atoms with E-state index in [0.717, 1.165) is 35.5 Å². The molecule has 2 aromatic rings. The minimum atomic E-state index is -0.144. The monoisotopic (exact) mass is 328 g/mol. The van der Waals surface area contributed by atoms with E-state index in [0.29, 0.717) is 6.54 Å². The normalized spacial score (nSPS) is 17.8. The van der Waals surface area contributed by atoms with Crippen molar-refractivity contribution >= 4 is 28.8 Å². The number of carbonyl (C=O) groups is 2. The summed E-state index contributed by atoms with van der Waals surface area (Å²) >= 11 is 1.45. The molecule has 1 atom stereocenters. The zero-order valence-corrected chi connectivity index (χ0v) is 13.9. The molecule has 1 aliphatic heterocycles. The van der Waals surface area contributed by atoms with Crippen LogP contribution in [0.5, 0.6) is 0 Å². The van der Waals surface area contributed by atoms with Crippen LogP contribution in [-0.2, 0) is 4.79 Å². The molecule has 0 spiro atoms. The molecule has 1 N–H and O–H groups in total. The average molecular weight is 328 g/mol. The fourth-order valence-corrected chi connectivity index (χ4v) is 3.50. The van der Waals surface area contributed by atoms with Crippen LogP contribution in [0.25, 0.3) is 0 Å². The summed E-state index contributed by atoms with van der Waals surface area (Å²) < 4.78 is 0. The number of anilines is 1. The molecule has 1 fully saturated rings. The summed E-state index contributed by atoms with van der Waals surface area (Å²) in [4.78, 5) is 27.4. The summed E-state index contributed by atoms with van der Waals surface area (Å²) in [6.45, 7) is 3.24. The Balaban J connectivity index is 1.62. The third-order valence-electron chi connectivity index (χ3n) is 4.13. The van der Waals surface area contributed by atoms with Gasteiger partial charge in [0, 0.05) is 18.8 Å². The average Bonchev–Trinajstić information content (AvgIpc) is 3.11. The highest BCUT2D eigenvalue weighted by molar-refractivity contribution is 7.12. The van der Waals surface area contributed by atoms with Gasteiger partial charge in [0.2, 0.25) is 5.91 Å². The number of hydrogen-bond acceptors (Lipinski definition) is 3. The number of piperidine rings is 1. The highest BCUT2D eigenvalue weighted by atomic mass is 32.1. The first kappa shape index (κ1) is 15.7. The molecule has 5 heteroatoms. The zero-order valence-electron chi connectivity index (χ0n) is 13.1. The lowest BCUT2D eigenvalue weighted by Gasteiger charge is -2.31. The number of carbonyl (C=O) groups excluding carboxylic acids is 2. The third-order valence-corrected chi connectivity index (χ3v) is 4.99. The standard InChI is InChI=1S/C18H20N2O2S/c1-13-6-8-15(9-7-13)19-17(21)14-4-2-10-20(12-14)18(22)16-5-3-11-23-16/h3,5-9,11,14H,2,4,10,12H2,1H3,(H,19,21). The first-order valence-corrected chi connectivity index (χ1v) is 8.72. The van der Waals surface area contributed by atoms with Gasteiger partial charge in [0.05, 0.1) is 10.8 Å². The van der Waals surface area contributed by atoms with Gasteiger partial charge in [-0.15, -0.1) is 11.3 Å². The fourth-order valence-electron chi connectivity index (χ4n) is 2.81. The lowest BCUT2D eigenvalue weighted by Crippen LogP contribution is -2.43. The van der Waals surface area contributed by atoms with Gasteiger partial charge in [-0.25, -0.2) is 0 Å². The van der Waals surface area contributed by atoms with Gasteiger partial charge >= 0.3 is 0 Å². The van der Waals surface area contributed by atoms with Gasteiger partial charge in [0.1, 0.15) is 0 Å². The largest absolute Gasteiger partial charge is 0.337 e. The Morgan fingerprint density at radius 3 is 2.70 bits per heavy atom. The van der Waals surface area contributed by atoms with Gasteiger partial charge in [0.25, 0.3) is 5.91 Å². The molecule has 3 rings (SSSR count). The molecule has 2 heterocycles. The lowest BCUT2D eigenvalue weighted by atomic mass is 9.97. The van der Waals surface area contributed by atoms with Crippen molar-refractivity contribution in [2.75, 3.05) is 18.4 Å². The number of aryl methyl sites for hydroxylation is 1. The number of nitrogens with one attached hydrogen (secondary N) is 1. The van der Waals surface area contributed by atoms with E-state index >= 15 is 0 Å². The molecule has 120 valence electrons. The summed E-state index contributed by atoms with van der Waals surface area (Å²) in [6.07, 6.45) is 1.69. The molecule has 1 aliphatic rings. The van der Waals surface area contributed by atoms with Crippen LogP contribution < -0.4 is 5.32 Å². The second-order valence-corrected chi connectivity index (χ2v) is 6.87. The number of likely N-dealkylation sites (tertiary alicyclic amines) is 1. The van der Waals surface area contributed by atoms with E-state index in [1.54, 1.807) is 4.90 Å². The minimum Gasteiger partial charge on any atom is -0.337 e. The SMILES string of the molecule is Cc1ccc(NC(=O)C2CCCN(C(=O)c3cccs3)C2)cc1. The summed E-state index contributed by atoms with van der Waals surface area (Å²) in [7, 11) is 0. The van der Waals surface area contributed by atoms with Gasteiger partial charge in [-0.3, -0.25) is 9.59 Å². The topological polar surface area (TPSA) is 49.4 Å². The maximum absolute atomic E-state index is 12.5. The van der Waals surface area contributed by atoms with Crippen molar-refractivity contribution in [3.8, 4) is 0 Å². The molecule has 0 aliphatic carbocycles. The van der Waals surface area contributed by atoms with Crippen LogP contribution in [0.3, 0.4) is 0 Å². The third kappa shape index (κ3) is 3.79. The Hall–Kier alpha value is -2.14. The maximum Gasteiger partial charge on any atom is 0.263 e. The number of nitrogens with zero attached hydrogens (tertiary/aromatic N) is 1. The predicted octanol–water partition coefficient (Wildman–Crippen LogP) is 3.55. The molecule has 4 nitrogen and oxygen atoms in total. The van der Waals surface area contributed by atoms with Crippen molar-refractivity contribution in [2.45, 2.75) is 19.8 Å². The Morgan fingerprint density at radius 2 is 2.00 bits per heavy atom. The van der Waals surface area contributed by atoms with Crippen LogP contribution in [-0.4, -0.2) is 29.8 Å². The molecular weight excluding hydrogens is 308 g/mol. The first-order chi connectivity index (χ1) is 11.1. The van der Waals surface area contributed by atoms with Gasteiger partial charge in [0.15, 0.2) is 0 Å². The summed E-state index contributed by atoms with van der Waals surface area (Å²) in [5.74, 6) is -0.112. The van der Waals surface area contributed by atoms with Crippen LogP contribution >= 0.6 is 11.3 Å². The summed E-state index contributed by atoms with van der Waals surface area (Å²) in [5.41, 5.74) is 1.97. The van der Waals surface area contributed by atoms with Crippen LogP contribution in [0.1, 0.15) is 28.1 Å². The van der Waals surface area contributed by atoms with Crippen molar-refractivity contribution in [2.24, 2.45) is 5.92 Å². The number of hydrogen-bond donors (Lipinski definition) is 1. The molecule has 0 saturated carbocycles. The van der Waals surface area contributed by atoms with Crippen LogP contribution in [0.15, 0.2) is 41.8 Å². The van der Waals surface area contributed by atoms with E-state index in [1.807, 2.05) is 48.7 Å². The molecular formula is C18H20N2O2S. The molecule has 1 saturated heterocycles. The van der Waals surface area contributed by atoms with Gasteiger partial charge < -0.3 is 10.2 Å². The van der Waals surface area contributed by atoms with Crippen LogP contribution in [0, 0.1) is 12.8 Å². The van der Waals surface area contributed by atoms with Crippen molar-refractivity contribution < 1.29 is 9.59 Å². The number of rotatable bonds is 3. The Morgan fingerprint density at radius 1 is 1.22 bits per heavy atom. The van der Waals surface area contributed by atoms with Gasteiger partial charge in [-0.1, -0.05) is 23.8 Å². The second-order valence-electron chi connectivity index (χ2n) is 5.92. The minimum absolute atomic E-state index is 0.00228. The maximum atomic E-state index is 12.5. The molecule has 0 radical (unpaired) electrons. The Kier molecular flexibility index (Phi) is 4.76. The van der Waals surface area contributed by atoms with Crippen molar-refractivity contribution in [1.82, 2.24) is 4.90 Å². The molecule has 23 heavy (non-hydrogen) atoms. The second kappa shape index (κ2) is 6.96. The molecule has 1 unspecified atom stereocenters. The number of thiophene rings is 1. The summed E-state index contributed by atoms with van der Waals surface area (Å²) in [6, 6.07) is 11.5. The highest BCUT2D eigenvalue weighted by Gasteiger charge is 2.29. The van der Waals surface area contributed by atoms with E-state index in [9.17, 15) is 9.59 Å². The van der Waals surface area contributed by atoms with Crippen LogP contribution in [0.2, 0.25) is 0 Å². The fraction of sp³-hybridized carbons (Fsp3) is 0.333. The summed E-state index contributed by atoms with van der Waals surface area (Å²) in [5, 5.41) is 4.86. The smallest absolute Gasteiger partial charge is 0.263 e. The molecule has 2 amide bonds. The van der Waals surface area contributed by atoms with E-state index in [2.05, 4.69) is 5.32 Å². The molecule has 0 bridgehead atoms. The van der Waals surface area contributed by atoms with Crippen molar-refractivity contribution in [3.63, 3.8) is 0 Å². The van der Waals surface area contributed by atoms with Crippen LogP contribution in [0.4, 0.5) is 5.69 Å². The Labute approximate surface area is 140 Å². The van der Waals surface area contributed by atoms with E-state index in [-0.39, 0.29) is 17.7 Å².